The molecule has 0 saturated carbocycles. The van der Waals surface area contributed by atoms with Crippen LogP contribution < -0.4 is 69.2 Å². The fraction of sp³-hybridized carbons (Fsp3) is 0.333. The van der Waals surface area contributed by atoms with Gasteiger partial charge in [-0.3, -0.25) is 0 Å². The van der Waals surface area contributed by atoms with Crippen molar-refractivity contribution < 1.29 is 0 Å². The molecule has 0 unspecified atom stereocenters. The van der Waals surface area contributed by atoms with Gasteiger partial charge in [0.15, 0.2) is 0 Å². The van der Waals surface area contributed by atoms with Crippen LogP contribution in [0.25, 0.3) is 11.1 Å². The number of rotatable bonds is 5. The lowest BCUT2D eigenvalue weighted by Crippen LogP contribution is -2.61. The second kappa shape index (κ2) is 16.9. The maximum Gasteiger partial charge on any atom is 0.264 e. The topological polar surface area (TPSA) is 6.48 Å². The summed E-state index contributed by atoms with van der Waals surface area (Å²) in [6.45, 7) is 31.4. The fourth-order valence-corrected chi connectivity index (χ4v) is 14.5. The summed E-state index contributed by atoms with van der Waals surface area (Å²) in [4.78, 5) is 6.99. The van der Waals surface area contributed by atoms with Crippen molar-refractivity contribution in [2.75, 3.05) is 9.80 Å². The molecule has 356 valence electrons. The lowest BCUT2D eigenvalue weighted by atomic mass is 9.35. The van der Waals surface area contributed by atoms with Gasteiger partial charge in [0.25, 0.3) is 6.71 Å². The highest BCUT2D eigenvalue weighted by atomic mass is 32.1. The quantitative estimate of drug-likeness (QED) is 0.240. The highest BCUT2D eigenvalue weighted by molar-refractivity contribution is 7.29. The highest BCUT2D eigenvalue weighted by Gasteiger charge is 2.51. The van der Waals surface area contributed by atoms with Gasteiger partial charge in [0, 0.05) is 43.4 Å². The number of anilines is 6. The van der Waals surface area contributed by atoms with Crippen molar-refractivity contribution in [3.63, 3.8) is 0 Å². The Labute approximate surface area is 445 Å². The first-order valence-electron chi connectivity index (χ1n) is 26.9. The van der Waals surface area contributed by atoms with Crippen LogP contribution in [0, 0.1) is 6.92 Å². The molecule has 3 heterocycles. The molecule has 0 atom stereocenters. The average molecular weight is 952 g/mol. The molecule has 1 aromatic heterocycles. The second-order valence-electron chi connectivity index (χ2n) is 26.5. The summed E-state index contributed by atoms with van der Waals surface area (Å²) in [7, 11) is 18.5. The minimum absolute atomic E-state index is 0.000941. The smallest absolute Gasteiger partial charge is 0.264 e. The van der Waals surface area contributed by atoms with Crippen LogP contribution in [-0.2, 0) is 27.1 Å². The maximum atomic E-state index is 2.72. The first-order chi connectivity index (χ1) is 33.5. The lowest BCUT2D eigenvalue weighted by Gasteiger charge is -2.46. The van der Waals surface area contributed by atoms with E-state index in [0.29, 0.717) is 0 Å². The van der Waals surface area contributed by atoms with Gasteiger partial charge in [0.1, 0.15) is 62.8 Å². The summed E-state index contributed by atoms with van der Waals surface area (Å²) in [6, 6.07) is 34.6. The summed E-state index contributed by atoms with van der Waals surface area (Å²) in [5.41, 5.74) is 32.3. The zero-order chi connectivity index (χ0) is 52.3. The Morgan fingerprint density at radius 3 is 1.61 bits per heavy atom. The van der Waals surface area contributed by atoms with E-state index in [0.717, 1.165) is 6.42 Å². The molecule has 72 heavy (non-hydrogen) atoms. The molecule has 6 aromatic carbocycles. The number of thiophene rings is 1. The first kappa shape index (κ1) is 50.7. The average Bonchev–Trinajstić information content (AvgIpc) is 3.73. The van der Waals surface area contributed by atoms with Crippen molar-refractivity contribution in [1.29, 1.82) is 0 Å². The van der Waals surface area contributed by atoms with Crippen molar-refractivity contribution >= 4 is 174 Å². The first-order valence-corrected chi connectivity index (χ1v) is 27.7. The van der Waals surface area contributed by atoms with E-state index in [4.69, 9.17) is 0 Å². The maximum absolute atomic E-state index is 2.72. The van der Waals surface area contributed by atoms with Crippen LogP contribution in [0.5, 0.6) is 0 Å². The third kappa shape index (κ3) is 7.75. The van der Waals surface area contributed by atoms with Gasteiger partial charge < -0.3 is 9.80 Å². The Kier molecular flexibility index (Phi) is 11.9. The molecule has 0 N–H and O–H groups in total. The van der Waals surface area contributed by atoms with Crippen LogP contribution in [0.3, 0.4) is 0 Å². The standard InChI is InChI=1S/C60H73B9N2S/c1-30-24-42-52-43(25-30)71(40-20-16-32(57(5,6)7)26-36(40)44-47(64)49(66)51(68)50(67)48(44)65)41-21-17-33(60(12,13)34-27-37(61)46(63)38(62)28-34)29-39(41)69(52)55-53(45-54(72-55)59(10,11)23-22-58(45,8)9)70(42)35-18-14-31(15-19-35)56(2,3)4/h14-21,24-29H,22-23,61-68H2,1-13H3. The normalized spacial score (nSPS) is 15.8. The molecule has 7 aromatic rings. The number of benzene rings is 6. The monoisotopic (exact) mass is 953 g/mol. The Morgan fingerprint density at radius 1 is 0.514 bits per heavy atom. The third-order valence-electron chi connectivity index (χ3n) is 18.4. The number of hydrogen-bond acceptors (Lipinski definition) is 3. The zero-order valence-electron chi connectivity index (χ0n) is 47.9. The summed E-state index contributed by atoms with van der Waals surface area (Å²) in [6.07, 6.45) is 2.34. The molecule has 10 rings (SSSR count). The van der Waals surface area contributed by atoms with Gasteiger partial charge in [0.05, 0.1) is 11.4 Å². The van der Waals surface area contributed by atoms with E-state index in [9.17, 15) is 0 Å². The molecule has 2 aliphatic heterocycles. The molecule has 0 bridgehead atoms. The van der Waals surface area contributed by atoms with Gasteiger partial charge in [-0.25, -0.2) is 0 Å². The van der Waals surface area contributed by atoms with Crippen molar-refractivity contribution in [3.05, 3.63) is 123 Å². The number of nitrogens with zero attached hydrogens (tertiary/aromatic N) is 2. The molecule has 0 amide bonds. The Bertz CT molecular complexity index is 3370. The molecule has 0 spiro atoms. The van der Waals surface area contributed by atoms with Crippen LogP contribution in [0.1, 0.15) is 134 Å². The van der Waals surface area contributed by atoms with Crippen molar-refractivity contribution in [2.24, 2.45) is 0 Å². The molecule has 0 radical (unpaired) electrons. The minimum Gasteiger partial charge on any atom is -0.311 e. The highest BCUT2D eigenvalue weighted by Crippen LogP contribution is 2.57. The van der Waals surface area contributed by atoms with E-state index in [1.807, 2.05) is 0 Å². The van der Waals surface area contributed by atoms with Gasteiger partial charge in [0.2, 0.25) is 0 Å². The Balaban J connectivity index is 1.36. The fourth-order valence-electron chi connectivity index (χ4n) is 12.8. The molecule has 12 heteroatoms. The predicted molar refractivity (Wildman–Crippen MR) is 345 cm³/mol. The second-order valence-corrected chi connectivity index (χ2v) is 27.6. The molecule has 2 nitrogen and oxygen atoms in total. The van der Waals surface area contributed by atoms with Crippen molar-refractivity contribution in [2.45, 2.75) is 130 Å². The van der Waals surface area contributed by atoms with Crippen molar-refractivity contribution in [3.8, 4) is 11.1 Å². The van der Waals surface area contributed by atoms with Crippen LogP contribution in [-0.4, -0.2) is 69.5 Å². The largest absolute Gasteiger partial charge is 0.311 e. The van der Waals surface area contributed by atoms with E-state index in [-0.39, 0.29) is 33.8 Å². The number of hydrogen-bond donors (Lipinski definition) is 0. The van der Waals surface area contributed by atoms with Gasteiger partial charge in [-0.15, -0.1) is 21.9 Å². The van der Waals surface area contributed by atoms with E-state index >= 15 is 0 Å². The van der Waals surface area contributed by atoms with E-state index < -0.39 is 0 Å². The van der Waals surface area contributed by atoms with Crippen LogP contribution >= 0.6 is 11.3 Å². The third-order valence-corrected chi connectivity index (χ3v) is 20.0. The molecule has 0 saturated heterocycles. The van der Waals surface area contributed by atoms with Crippen LogP contribution in [0.15, 0.2) is 84.9 Å². The van der Waals surface area contributed by atoms with Crippen LogP contribution in [0.4, 0.5) is 34.1 Å². The summed E-state index contributed by atoms with van der Waals surface area (Å²) < 4.78 is 1.48. The van der Waals surface area contributed by atoms with E-state index in [1.165, 1.54) is 139 Å². The predicted octanol–water partition coefficient (Wildman–Crippen LogP) is 1.14. The van der Waals surface area contributed by atoms with E-state index in [1.54, 1.807) is 10.4 Å². The Hall–Kier alpha value is -4.80. The molecule has 0 fully saturated rings. The molecule has 3 aliphatic rings. The lowest BCUT2D eigenvalue weighted by molar-refractivity contribution is 0.339. The molecular weight excluding hydrogens is 878 g/mol. The summed E-state index contributed by atoms with van der Waals surface area (Å²) >= 11 is 2.12. The van der Waals surface area contributed by atoms with Gasteiger partial charge in [-0.1, -0.05) is 147 Å². The van der Waals surface area contributed by atoms with Gasteiger partial charge >= 0.3 is 0 Å². The summed E-state index contributed by atoms with van der Waals surface area (Å²) in [5.74, 6) is 0. The van der Waals surface area contributed by atoms with E-state index in [2.05, 4.69) is 259 Å². The van der Waals surface area contributed by atoms with Gasteiger partial charge in [-0.2, -0.15) is 11.3 Å². The minimum atomic E-state index is -0.249. The Morgan fingerprint density at radius 2 is 1.03 bits per heavy atom. The zero-order valence-corrected chi connectivity index (χ0v) is 48.7. The summed E-state index contributed by atoms with van der Waals surface area (Å²) in [5, 5.41) is 0. The van der Waals surface area contributed by atoms with Gasteiger partial charge in [-0.05, 0) is 134 Å². The SMILES string of the molecule is Bc1cc(C(C)(C)c2ccc3c(c2)B2c4sc5c(c4N(c4ccc(C(C)(C)C)cc4)c4cc(C)cc(c42)N3c2ccc(C(C)(C)C)cc2-c2c(B)c(B)c(B)c(B)c2B)C(C)(C)CCC5(C)C)cc(B)c1B. The van der Waals surface area contributed by atoms with Crippen molar-refractivity contribution in [1.82, 2.24) is 0 Å². The van der Waals surface area contributed by atoms with Crippen LogP contribution in [0.2, 0.25) is 0 Å². The molecule has 1 aliphatic carbocycles. The number of aryl methyl sites for hydroxylation is 1. The molecular formula is C60H73B9N2S. The number of fused-ring (bicyclic) bond motifs is 6.